The number of phenols is 1. The Bertz CT molecular complexity index is 927. The summed E-state index contributed by atoms with van der Waals surface area (Å²) in [6.45, 7) is 8.18. The highest BCUT2D eigenvalue weighted by atomic mass is 16.3. The molecule has 0 heterocycles. The van der Waals surface area contributed by atoms with Gasteiger partial charge in [0.15, 0.2) is 5.75 Å². The zero-order valence-corrected chi connectivity index (χ0v) is 13.9. The van der Waals surface area contributed by atoms with Crippen molar-refractivity contribution in [2.75, 3.05) is 0 Å². The maximum Gasteiger partial charge on any atom is 0.150 e. The zero-order valence-electron chi connectivity index (χ0n) is 13.9. The van der Waals surface area contributed by atoms with Gasteiger partial charge in [-0.25, -0.2) is 0 Å². The van der Waals surface area contributed by atoms with E-state index in [1.54, 1.807) is 0 Å². The van der Waals surface area contributed by atoms with Crippen molar-refractivity contribution >= 4 is 22.1 Å². The normalized spacial score (nSPS) is 11.5. The van der Waals surface area contributed by atoms with Crippen LogP contribution in [0.25, 0.3) is 10.8 Å². The van der Waals surface area contributed by atoms with Gasteiger partial charge in [-0.3, -0.25) is 0 Å². The first kappa shape index (κ1) is 15.2. The second kappa shape index (κ2) is 5.84. The second-order valence-electron chi connectivity index (χ2n) is 6.03. The fourth-order valence-electron chi connectivity index (χ4n) is 2.76. The molecule has 3 rings (SSSR count). The molecule has 0 unspecified atom stereocenters. The molecule has 0 saturated carbocycles. The molecule has 3 heteroatoms. The number of phenolic OH excluding ortho intramolecular Hbond substituents is 1. The van der Waals surface area contributed by atoms with Crippen LogP contribution in [0.1, 0.15) is 22.3 Å². The molecule has 0 bridgehead atoms. The molecule has 0 aliphatic heterocycles. The molecule has 0 atom stereocenters. The standard InChI is InChI=1S/C20H20N2O/c1-12-9-15(4)18(10-13(12)2)21-22-19-11-14(3)16-7-5-6-8-17(16)20(19)23/h5-11,23H,1-4H3/b22-21+. The van der Waals surface area contributed by atoms with Gasteiger partial charge < -0.3 is 5.11 Å². The van der Waals surface area contributed by atoms with Crippen molar-refractivity contribution in [2.24, 2.45) is 10.2 Å². The molecule has 0 spiro atoms. The quantitative estimate of drug-likeness (QED) is 0.563. The average Bonchev–Trinajstić information content (AvgIpc) is 2.54. The van der Waals surface area contributed by atoms with E-state index < -0.39 is 0 Å². The Labute approximate surface area is 136 Å². The highest BCUT2D eigenvalue weighted by molar-refractivity contribution is 5.94. The molecule has 3 nitrogen and oxygen atoms in total. The molecule has 0 saturated heterocycles. The van der Waals surface area contributed by atoms with Crippen molar-refractivity contribution in [1.29, 1.82) is 0 Å². The summed E-state index contributed by atoms with van der Waals surface area (Å²) in [6.07, 6.45) is 0. The Morgan fingerprint density at radius 1 is 0.652 bits per heavy atom. The van der Waals surface area contributed by atoms with Crippen LogP contribution in [0, 0.1) is 27.7 Å². The first-order valence-electron chi connectivity index (χ1n) is 7.68. The fourth-order valence-corrected chi connectivity index (χ4v) is 2.76. The molecular weight excluding hydrogens is 284 g/mol. The van der Waals surface area contributed by atoms with E-state index in [2.05, 4.69) is 30.1 Å². The number of aromatic hydroxyl groups is 1. The Morgan fingerprint density at radius 2 is 1.22 bits per heavy atom. The van der Waals surface area contributed by atoms with E-state index in [0.29, 0.717) is 5.69 Å². The lowest BCUT2D eigenvalue weighted by Crippen LogP contribution is -1.83. The maximum absolute atomic E-state index is 10.5. The molecule has 0 amide bonds. The highest BCUT2D eigenvalue weighted by Gasteiger charge is 2.09. The van der Waals surface area contributed by atoms with Gasteiger partial charge in [-0.05, 0) is 67.5 Å². The van der Waals surface area contributed by atoms with Crippen molar-refractivity contribution < 1.29 is 5.11 Å². The smallest absolute Gasteiger partial charge is 0.150 e. The van der Waals surface area contributed by atoms with Crippen LogP contribution in [-0.2, 0) is 0 Å². The van der Waals surface area contributed by atoms with E-state index in [4.69, 9.17) is 0 Å². The lowest BCUT2D eigenvalue weighted by molar-refractivity contribution is 0.482. The minimum Gasteiger partial charge on any atom is -0.505 e. The number of rotatable bonds is 2. The van der Waals surface area contributed by atoms with Gasteiger partial charge in [-0.2, -0.15) is 5.11 Å². The van der Waals surface area contributed by atoms with Crippen molar-refractivity contribution in [3.05, 3.63) is 64.7 Å². The molecule has 0 aromatic heterocycles. The third-order valence-corrected chi connectivity index (χ3v) is 4.28. The lowest BCUT2D eigenvalue weighted by atomic mass is 10.0. The van der Waals surface area contributed by atoms with Crippen LogP contribution in [0.4, 0.5) is 11.4 Å². The molecule has 116 valence electrons. The number of fused-ring (bicyclic) bond motifs is 1. The van der Waals surface area contributed by atoms with Gasteiger partial charge in [0.1, 0.15) is 5.69 Å². The van der Waals surface area contributed by atoms with E-state index in [0.717, 1.165) is 27.6 Å². The number of hydrogen-bond donors (Lipinski definition) is 1. The summed E-state index contributed by atoms with van der Waals surface area (Å²) >= 11 is 0. The predicted octanol–water partition coefficient (Wildman–Crippen LogP) is 6.19. The topological polar surface area (TPSA) is 45.0 Å². The van der Waals surface area contributed by atoms with Crippen molar-refractivity contribution in [2.45, 2.75) is 27.7 Å². The monoisotopic (exact) mass is 304 g/mol. The van der Waals surface area contributed by atoms with Crippen molar-refractivity contribution in [3.63, 3.8) is 0 Å². The van der Waals surface area contributed by atoms with Gasteiger partial charge >= 0.3 is 0 Å². The number of benzene rings is 3. The van der Waals surface area contributed by atoms with Gasteiger partial charge in [0.2, 0.25) is 0 Å². The summed E-state index contributed by atoms with van der Waals surface area (Å²) in [7, 11) is 0. The summed E-state index contributed by atoms with van der Waals surface area (Å²) in [5, 5.41) is 20.9. The SMILES string of the molecule is Cc1cc(C)c(/N=N/c2cc(C)c3ccccc3c2O)cc1C. The predicted molar refractivity (Wildman–Crippen MR) is 95.2 cm³/mol. The van der Waals surface area contributed by atoms with E-state index in [1.807, 2.05) is 50.2 Å². The largest absolute Gasteiger partial charge is 0.505 e. The van der Waals surface area contributed by atoms with Gasteiger partial charge in [0.25, 0.3) is 0 Å². The fraction of sp³-hybridized carbons (Fsp3) is 0.200. The zero-order chi connectivity index (χ0) is 16.6. The van der Waals surface area contributed by atoms with Crippen LogP contribution in [-0.4, -0.2) is 5.11 Å². The summed E-state index contributed by atoms with van der Waals surface area (Å²) < 4.78 is 0. The summed E-state index contributed by atoms with van der Waals surface area (Å²) in [5.41, 5.74) is 5.91. The molecule has 0 aliphatic rings. The molecular formula is C20H20N2O. The van der Waals surface area contributed by atoms with Crippen LogP contribution >= 0.6 is 0 Å². The number of hydrogen-bond acceptors (Lipinski definition) is 3. The van der Waals surface area contributed by atoms with E-state index >= 15 is 0 Å². The summed E-state index contributed by atoms with van der Waals surface area (Å²) in [5.74, 6) is 0.177. The first-order valence-corrected chi connectivity index (χ1v) is 7.68. The van der Waals surface area contributed by atoms with E-state index in [9.17, 15) is 5.11 Å². The molecule has 0 aliphatic carbocycles. The van der Waals surface area contributed by atoms with E-state index in [-0.39, 0.29) is 5.75 Å². The van der Waals surface area contributed by atoms with E-state index in [1.165, 1.54) is 11.1 Å². The van der Waals surface area contributed by atoms with Crippen LogP contribution in [0.15, 0.2) is 52.7 Å². The molecule has 3 aromatic rings. The van der Waals surface area contributed by atoms with Gasteiger partial charge in [0, 0.05) is 5.39 Å². The van der Waals surface area contributed by atoms with Gasteiger partial charge in [-0.1, -0.05) is 30.3 Å². The minimum absolute atomic E-state index is 0.177. The third kappa shape index (κ3) is 2.82. The molecule has 0 fully saturated rings. The number of nitrogens with zero attached hydrogens (tertiary/aromatic N) is 2. The van der Waals surface area contributed by atoms with Crippen molar-refractivity contribution in [3.8, 4) is 5.75 Å². The molecule has 23 heavy (non-hydrogen) atoms. The third-order valence-electron chi connectivity index (χ3n) is 4.28. The highest BCUT2D eigenvalue weighted by Crippen LogP contribution is 2.38. The van der Waals surface area contributed by atoms with Crippen molar-refractivity contribution in [1.82, 2.24) is 0 Å². The Kier molecular flexibility index (Phi) is 3.87. The number of aryl methyl sites for hydroxylation is 4. The second-order valence-corrected chi connectivity index (χ2v) is 6.03. The Balaban J connectivity index is 2.08. The summed E-state index contributed by atoms with van der Waals surface area (Å²) in [6, 6.07) is 13.8. The average molecular weight is 304 g/mol. The first-order chi connectivity index (χ1) is 11.0. The molecule has 0 radical (unpaired) electrons. The van der Waals surface area contributed by atoms with Crippen LogP contribution < -0.4 is 0 Å². The molecule has 1 N–H and O–H groups in total. The van der Waals surface area contributed by atoms with Crippen LogP contribution in [0.3, 0.4) is 0 Å². The Hall–Kier alpha value is -2.68. The van der Waals surface area contributed by atoms with Crippen LogP contribution in [0.2, 0.25) is 0 Å². The Morgan fingerprint density at radius 3 is 1.96 bits per heavy atom. The summed E-state index contributed by atoms with van der Waals surface area (Å²) in [4.78, 5) is 0. The minimum atomic E-state index is 0.177. The molecule has 3 aromatic carbocycles. The maximum atomic E-state index is 10.5. The van der Waals surface area contributed by atoms with Gasteiger partial charge in [-0.15, -0.1) is 5.11 Å². The number of azo groups is 1. The van der Waals surface area contributed by atoms with Gasteiger partial charge in [0.05, 0.1) is 5.69 Å². The van der Waals surface area contributed by atoms with Crippen LogP contribution in [0.5, 0.6) is 5.75 Å². The lowest BCUT2D eigenvalue weighted by Gasteiger charge is -2.08.